The smallest absolute Gasteiger partial charge is 0.147 e. The first-order valence-corrected chi connectivity index (χ1v) is 6.11. The van der Waals surface area contributed by atoms with Crippen molar-refractivity contribution in [3.8, 4) is 0 Å². The van der Waals surface area contributed by atoms with Gasteiger partial charge in [-0.2, -0.15) is 0 Å². The number of ketones is 1. The number of carbonyl (C=O) groups excluding carboxylic acids is 1. The zero-order chi connectivity index (χ0) is 10.6. The Morgan fingerprint density at radius 3 is 2.64 bits per heavy atom. The van der Waals surface area contributed by atoms with E-state index in [1.54, 1.807) is 6.07 Å². The maximum Gasteiger partial charge on any atom is 0.147 e. The molecule has 0 aromatic heterocycles. The average Bonchev–Trinajstić information content (AvgIpc) is 2.20. The van der Waals surface area contributed by atoms with Crippen molar-refractivity contribution in [1.82, 2.24) is 0 Å². The van der Waals surface area contributed by atoms with E-state index in [-0.39, 0.29) is 5.78 Å². The molecule has 0 unspecified atom stereocenters. The highest BCUT2D eigenvalue weighted by molar-refractivity contribution is 9.09. The molecule has 0 radical (unpaired) electrons. The van der Waals surface area contributed by atoms with Crippen LogP contribution in [0.2, 0.25) is 5.02 Å². The number of benzene rings is 1. The van der Waals surface area contributed by atoms with Crippen LogP contribution in [0.4, 0.5) is 0 Å². The van der Waals surface area contributed by atoms with Gasteiger partial charge in [0.1, 0.15) is 5.78 Å². The molecule has 0 aliphatic heterocycles. The number of carbonyl (C=O) groups is 1. The van der Waals surface area contributed by atoms with E-state index in [9.17, 15) is 4.79 Å². The van der Waals surface area contributed by atoms with E-state index >= 15 is 0 Å². The van der Waals surface area contributed by atoms with Gasteiger partial charge in [-0.1, -0.05) is 39.7 Å². The van der Waals surface area contributed by atoms with Gasteiger partial charge in [-0.05, 0) is 17.2 Å². The minimum Gasteiger partial charge on any atom is -0.298 e. The molecule has 1 nitrogen and oxygen atoms in total. The van der Waals surface area contributed by atoms with Gasteiger partial charge < -0.3 is 0 Å². The predicted molar refractivity (Wildman–Crippen MR) is 63.5 cm³/mol. The Morgan fingerprint density at radius 2 is 2.14 bits per heavy atom. The molecule has 0 N–H and O–H groups in total. The summed E-state index contributed by atoms with van der Waals surface area (Å²) in [7, 11) is 0. The summed E-state index contributed by atoms with van der Waals surface area (Å²) in [5.74, 6) is 0.553. The zero-order valence-electron chi connectivity index (χ0n) is 7.40. The van der Waals surface area contributed by atoms with Crippen molar-refractivity contribution < 1.29 is 4.79 Å². The van der Waals surface area contributed by atoms with E-state index in [1.807, 2.05) is 12.1 Å². The summed E-state index contributed by atoms with van der Waals surface area (Å²) in [5, 5.41) is 0.970. The molecular weight excluding hydrogens is 287 g/mol. The van der Waals surface area contributed by atoms with Gasteiger partial charge >= 0.3 is 0 Å². The van der Waals surface area contributed by atoms with Crippen LogP contribution in [-0.4, -0.2) is 11.1 Å². The molecule has 0 fully saturated rings. The largest absolute Gasteiger partial charge is 0.298 e. The average molecular weight is 296 g/mol. The van der Waals surface area contributed by atoms with Gasteiger partial charge in [0.15, 0.2) is 0 Å². The lowest BCUT2D eigenvalue weighted by Gasteiger charge is -2.03. The van der Waals surface area contributed by atoms with E-state index in [2.05, 4.69) is 15.9 Å². The molecule has 4 heteroatoms. The second-order valence-electron chi connectivity index (χ2n) is 2.91. The molecule has 0 bridgehead atoms. The topological polar surface area (TPSA) is 17.1 Å². The van der Waals surface area contributed by atoms with Crippen LogP contribution in [0.5, 0.6) is 0 Å². The summed E-state index contributed by atoms with van der Waals surface area (Å²) < 4.78 is 0. The van der Waals surface area contributed by atoms with Crippen molar-refractivity contribution in [2.75, 3.05) is 5.33 Å². The Morgan fingerprint density at radius 1 is 1.43 bits per heavy atom. The van der Waals surface area contributed by atoms with Gasteiger partial charge in [0, 0.05) is 17.3 Å². The Kier molecular flexibility index (Phi) is 4.93. The highest BCUT2D eigenvalue weighted by atomic mass is 79.9. The van der Waals surface area contributed by atoms with Crippen LogP contribution in [-0.2, 0) is 17.1 Å². The highest BCUT2D eigenvalue weighted by Crippen LogP contribution is 2.19. The van der Waals surface area contributed by atoms with Gasteiger partial charge in [-0.3, -0.25) is 4.79 Å². The first-order chi connectivity index (χ1) is 6.67. The third kappa shape index (κ3) is 3.26. The Balaban J connectivity index is 2.83. The van der Waals surface area contributed by atoms with Gasteiger partial charge in [0.2, 0.25) is 0 Å². The monoisotopic (exact) mass is 294 g/mol. The van der Waals surface area contributed by atoms with Crippen LogP contribution < -0.4 is 0 Å². The lowest BCUT2D eigenvalue weighted by atomic mass is 10.1. The van der Waals surface area contributed by atoms with Crippen molar-refractivity contribution >= 4 is 44.9 Å². The zero-order valence-corrected chi connectivity index (χ0v) is 10.5. The number of alkyl halides is 2. The SMILES string of the molecule is O=C(CBr)Cc1ccc(CCl)cc1Cl. The second kappa shape index (κ2) is 5.74. The number of hydrogen-bond donors (Lipinski definition) is 0. The molecule has 0 atom stereocenters. The fourth-order valence-electron chi connectivity index (χ4n) is 1.08. The fraction of sp³-hybridized carbons (Fsp3) is 0.300. The predicted octanol–water partition coefficient (Wildman–Crippen LogP) is 3.59. The number of Topliss-reactive ketones (excluding diaryl/α,β-unsaturated/α-hetero) is 1. The summed E-state index contributed by atoms with van der Waals surface area (Å²) in [6, 6.07) is 5.53. The molecule has 1 aromatic carbocycles. The van der Waals surface area contributed by atoms with Gasteiger partial charge in [0.25, 0.3) is 0 Å². The van der Waals surface area contributed by atoms with Gasteiger partial charge in [0.05, 0.1) is 5.33 Å². The molecule has 0 aliphatic rings. The molecule has 0 saturated carbocycles. The molecule has 0 amide bonds. The summed E-state index contributed by atoms with van der Waals surface area (Å²) in [4.78, 5) is 11.2. The van der Waals surface area contributed by atoms with Crippen LogP contribution in [0.25, 0.3) is 0 Å². The molecule has 0 aliphatic carbocycles. The second-order valence-corrected chi connectivity index (χ2v) is 4.14. The minimum absolute atomic E-state index is 0.116. The molecule has 1 rings (SSSR count). The molecule has 0 spiro atoms. The third-order valence-corrected chi connectivity index (χ3v) is 3.09. The van der Waals surface area contributed by atoms with E-state index in [1.165, 1.54) is 0 Å². The molecular formula is C10H9BrCl2O. The molecule has 1 aromatic rings. The van der Waals surface area contributed by atoms with Crippen LogP contribution in [0.15, 0.2) is 18.2 Å². The fourth-order valence-corrected chi connectivity index (χ4v) is 1.71. The highest BCUT2D eigenvalue weighted by Gasteiger charge is 2.06. The summed E-state index contributed by atoms with van der Waals surface area (Å²) in [6.45, 7) is 0. The normalized spacial score (nSPS) is 10.2. The quantitative estimate of drug-likeness (QED) is 0.776. The molecule has 0 heterocycles. The summed E-state index contributed by atoms with van der Waals surface area (Å²) in [5.41, 5.74) is 1.82. The van der Waals surface area contributed by atoms with Crippen molar-refractivity contribution in [1.29, 1.82) is 0 Å². The Bertz CT molecular complexity index is 339. The molecule has 14 heavy (non-hydrogen) atoms. The van der Waals surface area contributed by atoms with Crippen molar-refractivity contribution in [2.45, 2.75) is 12.3 Å². The summed E-state index contributed by atoms with van der Waals surface area (Å²) in [6.07, 6.45) is 0.368. The minimum atomic E-state index is 0.116. The standard InChI is InChI=1S/C10H9BrCl2O/c11-5-9(14)4-8-2-1-7(6-12)3-10(8)13/h1-3H,4-6H2. The van der Waals surface area contributed by atoms with E-state index < -0.39 is 0 Å². The lowest BCUT2D eigenvalue weighted by molar-refractivity contribution is -0.115. The van der Waals surface area contributed by atoms with E-state index in [4.69, 9.17) is 23.2 Å². The first kappa shape index (κ1) is 12.0. The van der Waals surface area contributed by atoms with Crippen molar-refractivity contribution in [2.24, 2.45) is 0 Å². The van der Waals surface area contributed by atoms with Crippen LogP contribution in [0.3, 0.4) is 0 Å². The maximum atomic E-state index is 11.2. The van der Waals surface area contributed by atoms with Gasteiger partial charge in [-0.25, -0.2) is 0 Å². The van der Waals surface area contributed by atoms with Crippen LogP contribution in [0, 0.1) is 0 Å². The van der Waals surface area contributed by atoms with Gasteiger partial charge in [-0.15, -0.1) is 11.6 Å². The third-order valence-electron chi connectivity index (χ3n) is 1.81. The summed E-state index contributed by atoms with van der Waals surface area (Å²) >= 11 is 14.7. The first-order valence-electron chi connectivity index (χ1n) is 4.08. The van der Waals surface area contributed by atoms with Crippen LogP contribution >= 0.6 is 39.1 Å². The van der Waals surface area contributed by atoms with Crippen LogP contribution in [0.1, 0.15) is 11.1 Å². The van der Waals surface area contributed by atoms with Crippen molar-refractivity contribution in [3.63, 3.8) is 0 Å². The number of rotatable bonds is 4. The Labute approximate surface area is 102 Å². The lowest BCUT2D eigenvalue weighted by Crippen LogP contribution is -2.04. The number of hydrogen-bond acceptors (Lipinski definition) is 1. The molecule has 76 valence electrons. The van der Waals surface area contributed by atoms with E-state index in [0.29, 0.717) is 22.7 Å². The van der Waals surface area contributed by atoms with Crippen molar-refractivity contribution in [3.05, 3.63) is 34.3 Å². The molecule has 0 saturated heterocycles. The maximum absolute atomic E-state index is 11.2. The van der Waals surface area contributed by atoms with E-state index in [0.717, 1.165) is 11.1 Å². The number of halogens is 3. The Hall–Kier alpha value is -0.0500.